The maximum atomic E-state index is 14.2. The molecule has 0 aliphatic carbocycles. The van der Waals surface area contributed by atoms with Gasteiger partial charge < -0.3 is 11.1 Å². The largest absolute Gasteiger partial charge is 0.398 e. The van der Waals surface area contributed by atoms with Gasteiger partial charge in [-0.2, -0.15) is 0 Å². The summed E-state index contributed by atoms with van der Waals surface area (Å²) < 4.78 is 14.2. The van der Waals surface area contributed by atoms with Gasteiger partial charge in [-0.3, -0.25) is 4.98 Å². The molecule has 1 heterocycles. The molecule has 0 unspecified atom stereocenters. The molecule has 0 bridgehead atoms. The first-order chi connectivity index (χ1) is 9.65. The van der Waals surface area contributed by atoms with E-state index >= 15 is 0 Å². The van der Waals surface area contributed by atoms with Crippen LogP contribution in [0.1, 0.15) is 0 Å². The Morgan fingerprint density at radius 2 is 2.00 bits per heavy atom. The van der Waals surface area contributed by atoms with Crippen LogP contribution in [0.5, 0.6) is 0 Å². The number of pyridine rings is 1. The lowest BCUT2D eigenvalue weighted by Gasteiger charge is -2.12. The highest BCUT2D eigenvalue weighted by Crippen LogP contribution is 2.32. The lowest BCUT2D eigenvalue weighted by atomic mass is 10.1. The van der Waals surface area contributed by atoms with Gasteiger partial charge in [0.2, 0.25) is 0 Å². The van der Waals surface area contributed by atoms with Crippen molar-refractivity contribution < 1.29 is 4.39 Å². The van der Waals surface area contributed by atoms with E-state index in [9.17, 15) is 4.39 Å². The van der Waals surface area contributed by atoms with Crippen LogP contribution >= 0.6 is 11.6 Å². The molecule has 0 saturated carbocycles. The van der Waals surface area contributed by atoms with Crippen LogP contribution in [0.25, 0.3) is 10.9 Å². The van der Waals surface area contributed by atoms with Crippen molar-refractivity contribution in [1.29, 1.82) is 0 Å². The van der Waals surface area contributed by atoms with Gasteiger partial charge in [-0.15, -0.1) is 0 Å². The SMILES string of the molecule is Nc1cc(F)c(Nc2cccc(Cl)c2)c2ncccc12. The molecule has 3 aromatic rings. The highest BCUT2D eigenvalue weighted by molar-refractivity contribution is 6.30. The minimum atomic E-state index is -0.450. The number of hydrogen-bond donors (Lipinski definition) is 2. The molecule has 100 valence electrons. The molecule has 0 aliphatic rings. The molecule has 20 heavy (non-hydrogen) atoms. The standard InChI is InChI=1S/C15H11ClFN3/c16-9-3-1-4-10(7-9)20-15-12(17)8-13(18)11-5-2-6-19-14(11)15/h1-8,20H,18H2. The number of nitrogens with zero attached hydrogens (tertiary/aromatic N) is 1. The lowest BCUT2D eigenvalue weighted by molar-refractivity contribution is 0.634. The molecular weight excluding hydrogens is 277 g/mol. The van der Waals surface area contributed by atoms with E-state index in [1.54, 1.807) is 42.6 Å². The Morgan fingerprint density at radius 1 is 1.15 bits per heavy atom. The van der Waals surface area contributed by atoms with Crippen LogP contribution in [0.15, 0.2) is 48.7 Å². The van der Waals surface area contributed by atoms with E-state index in [-0.39, 0.29) is 5.69 Å². The fourth-order valence-corrected chi connectivity index (χ4v) is 2.26. The number of nitrogens with two attached hydrogens (primary N) is 1. The topological polar surface area (TPSA) is 50.9 Å². The summed E-state index contributed by atoms with van der Waals surface area (Å²) in [6.07, 6.45) is 1.60. The summed E-state index contributed by atoms with van der Waals surface area (Å²) in [5.74, 6) is -0.450. The van der Waals surface area contributed by atoms with Gasteiger partial charge in [0, 0.05) is 28.0 Å². The van der Waals surface area contributed by atoms with Gasteiger partial charge >= 0.3 is 0 Å². The molecule has 0 fully saturated rings. The number of fused-ring (bicyclic) bond motifs is 1. The Kier molecular flexibility index (Phi) is 3.16. The number of benzene rings is 2. The van der Waals surface area contributed by atoms with Crippen LogP contribution in [-0.2, 0) is 0 Å². The Balaban J connectivity index is 2.16. The van der Waals surface area contributed by atoms with E-state index in [0.29, 0.717) is 27.3 Å². The minimum Gasteiger partial charge on any atom is -0.398 e. The first-order valence-electron chi connectivity index (χ1n) is 6.00. The molecule has 0 spiro atoms. The highest BCUT2D eigenvalue weighted by atomic mass is 35.5. The van der Waals surface area contributed by atoms with Gasteiger partial charge in [0.05, 0.1) is 5.52 Å². The maximum Gasteiger partial charge on any atom is 0.150 e. The monoisotopic (exact) mass is 287 g/mol. The summed E-state index contributed by atoms with van der Waals surface area (Å²) in [4.78, 5) is 4.21. The Bertz CT molecular complexity index is 789. The summed E-state index contributed by atoms with van der Waals surface area (Å²) in [6, 6.07) is 11.9. The normalized spacial score (nSPS) is 10.7. The Labute approximate surface area is 120 Å². The number of hydrogen-bond acceptors (Lipinski definition) is 3. The van der Waals surface area contributed by atoms with Crippen molar-refractivity contribution in [2.75, 3.05) is 11.1 Å². The summed E-state index contributed by atoms with van der Waals surface area (Å²) in [5.41, 5.74) is 7.65. The first kappa shape index (κ1) is 12.7. The second-order valence-electron chi connectivity index (χ2n) is 4.36. The maximum absolute atomic E-state index is 14.2. The molecule has 2 aromatic carbocycles. The smallest absolute Gasteiger partial charge is 0.150 e. The number of aromatic nitrogens is 1. The van der Waals surface area contributed by atoms with Crippen LogP contribution in [0.4, 0.5) is 21.5 Å². The molecule has 0 amide bonds. The van der Waals surface area contributed by atoms with Gasteiger partial charge in [-0.25, -0.2) is 4.39 Å². The van der Waals surface area contributed by atoms with Crippen LogP contribution in [0.2, 0.25) is 5.02 Å². The van der Waals surface area contributed by atoms with E-state index < -0.39 is 5.82 Å². The third kappa shape index (κ3) is 2.26. The van der Waals surface area contributed by atoms with Crippen molar-refractivity contribution in [3.8, 4) is 0 Å². The predicted octanol–water partition coefficient (Wildman–Crippen LogP) is 4.35. The molecule has 0 aliphatic heterocycles. The molecule has 0 atom stereocenters. The number of rotatable bonds is 2. The zero-order valence-electron chi connectivity index (χ0n) is 10.4. The van der Waals surface area contributed by atoms with Gasteiger partial charge in [0.15, 0.2) is 5.82 Å². The van der Waals surface area contributed by atoms with Crippen molar-refractivity contribution in [2.45, 2.75) is 0 Å². The average Bonchev–Trinajstić information content (AvgIpc) is 2.43. The fraction of sp³-hybridized carbons (Fsp3) is 0. The van der Waals surface area contributed by atoms with Gasteiger partial charge in [0.25, 0.3) is 0 Å². The molecule has 5 heteroatoms. The average molecular weight is 288 g/mol. The zero-order chi connectivity index (χ0) is 14.1. The number of nitrogen functional groups attached to an aromatic ring is 1. The summed E-state index contributed by atoms with van der Waals surface area (Å²) >= 11 is 5.92. The molecule has 0 saturated heterocycles. The molecule has 3 nitrogen and oxygen atoms in total. The van der Waals surface area contributed by atoms with Gasteiger partial charge in [-0.05, 0) is 36.4 Å². The van der Waals surface area contributed by atoms with Crippen molar-refractivity contribution >= 4 is 39.6 Å². The van der Waals surface area contributed by atoms with Gasteiger partial charge in [0.1, 0.15) is 5.69 Å². The van der Waals surface area contributed by atoms with Crippen molar-refractivity contribution in [3.05, 3.63) is 59.5 Å². The quantitative estimate of drug-likeness (QED) is 0.689. The van der Waals surface area contributed by atoms with E-state index in [1.165, 1.54) is 6.07 Å². The number of nitrogens with one attached hydrogen (secondary N) is 1. The molecule has 3 rings (SSSR count). The predicted molar refractivity (Wildman–Crippen MR) is 80.8 cm³/mol. The van der Waals surface area contributed by atoms with E-state index in [0.717, 1.165) is 0 Å². The van der Waals surface area contributed by atoms with Crippen molar-refractivity contribution in [3.63, 3.8) is 0 Å². The Hall–Kier alpha value is -2.33. The summed E-state index contributed by atoms with van der Waals surface area (Å²) in [6.45, 7) is 0. The van der Waals surface area contributed by atoms with Crippen LogP contribution < -0.4 is 11.1 Å². The fourth-order valence-electron chi connectivity index (χ4n) is 2.07. The summed E-state index contributed by atoms with van der Waals surface area (Å²) in [5, 5.41) is 4.28. The highest BCUT2D eigenvalue weighted by Gasteiger charge is 2.12. The third-order valence-corrected chi connectivity index (χ3v) is 3.21. The molecule has 0 radical (unpaired) electrons. The zero-order valence-corrected chi connectivity index (χ0v) is 11.2. The van der Waals surface area contributed by atoms with Gasteiger partial charge in [-0.1, -0.05) is 17.7 Å². The van der Waals surface area contributed by atoms with Crippen molar-refractivity contribution in [1.82, 2.24) is 4.98 Å². The minimum absolute atomic E-state index is 0.289. The van der Waals surface area contributed by atoms with Crippen LogP contribution in [-0.4, -0.2) is 4.98 Å². The van der Waals surface area contributed by atoms with E-state index in [1.807, 2.05) is 0 Å². The summed E-state index contributed by atoms with van der Waals surface area (Å²) in [7, 11) is 0. The third-order valence-electron chi connectivity index (χ3n) is 2.97. The lowest BCUT2D eigenvalue weighted by Crippen LogP contribution is -1.99. The van der Waals surface area contributed by atoms with Crippen LogP contribution in [0, 0.1) is 5.82 Å². The number of anilines is 3. The Morgan fingerprint density at radius 3 is 2.80 bits per heavy atom. The van der Waals surface area contributed by atoms with E-state index in [2.05, 4.69) is 10.3 Å². The molecule has 1 aromatic heterocycles. The van der Waals surface area contributed by atoms with Crippen LogP contribution in [0.3, 0.4) is 0 Å². The number of halogens is 2. The first-order valence-corrected chi connectivity index (χ1v) is 6.38. The van der Waals surface area contributed by atoms with Crippen molar-refractivity contribution in [2.24, 2.45) is 0 Å². The second kappa shape index (κ2) is 4.98. The van der Waals surface area contributed by atoms with E-state index in [4.69, 9.17) is 17.3 Å². The molecule has 3 N–H and O–H groups in total. The molecular formula is C15H11ClFN3. The second-order valence-corrected chi connectivity index (χ2v) is 4.79.